The van der Waals surface area contributed by atoms with Crippen molar-refractivity contribution >= 4 is 17.7 Å². The first-order valence-corrected chi connectivity index (χ1v) is 3.06. The van der Waals surface area contributed by atoms with Crippen LogP contribution in [0.2, 0.25) is 0 Å². The minimum Gasteiger partial charge on any atom is -0.393 e. The average Bonchev–Trinajstić information content (AvgIpc) is 2.28. The van der Waals surface area contributed by atoms with Gasteiger partial charge in [0, 0.05) is 0 Å². The summed E-state index contributed by atoms with van der Waals surface area (Å²) >= 11 is 0. The van der Waals surface area contributed by atoms with E-state index in [0.29, 0.717) is 0 Å². The Bertz CT molecular complexity index is 241. The third-order valence-corrected chi connectivity index (χ3v) is 1.41. The number of hydrogen-bond acceptors (Lipinski definition) is 4. The molecule has 4 heteroatoms. The first-order valence-electron chi connectivity index (χ1n) is 3.06. The van der Waals surface area contributed by atoms with Crippen LogP contribution in [0.5, 0.6) is 0 Å². The third-order valence-electron chi connectivity index (χ3n) is 1.41. The van der Waals surface area contributed by atoms with E-state index in [1.807, 2.05) is 0 Å². The molecule has 1 aliphatic heterocycles. The summed E-state index contributed by atoms with van der Waals surface area (Å²) in [5.41, 5.74) is 0. The number of ketones is 1. The summed E-state index contributed by atoms with van der Waals surface area (Å²) in [7, 11) is 0. The highest BCUT2D eigenvalue weighted by atomic mass is 16.6. The van der Waals surface area contributed by atoms with Gasteiger partial charge >= 0.3 is 11.9 Å². The van der Waals surface area contributed by atoms with Gasteiger partial charge in [-0.15, -0.1) is 0 Å². The Hall–Kier alpha value is -1.45. The predicted molar refractivity (Wildman–Crippen MR) is 34.4 cm³/mol. The highest BCUT2D eigenvalue weighted by Crippen LogP contribution is 2.16. The van der Waals surface area contributed by atoms with E-state index in [2.05, 4.69) is 11.3 Å². The second-order valence-electron chi connectivity index (χ2n) is 2.16. The quantitative estimate of drug-likeness (QED) is 0.315. The Labute approximate surface area is 62.8 Å². The van der Waals surface area contributed by atoms with Crippen molar-refractivity contribution in [2.24, 2.45) is 5.92 Å². The van der Waals surface area contributed by atoms with Crippen molar-refractivity contribution in [2.75, 3.05) is 0 Å². The van der Waals surface area contributed by atoms with Crippen molar-refractivity contribution in [3.63, 3.8) is 0 Å². The summed E-state index contributed by atoms with van der Waals surface area (Å²) in [6.45, 7) is 3.20. The molecule has 1 fully saturated rings. The lowest BCUT2D eigenvalue weighted by Gasteiger charge is -1.94. The van der Waals surface area contributed by atoms with Crippen LogP contribution in [0.3, 0.4) is 0 Å². The van der Waals surface area contributed by atoms with E-state index in [0.717, 1.165) is 6.08 Å². The first-order chi connectivity index (χ1) is 5.15. The summed E-state index contributed by atoms with van der Waals surface area (Å²) in [4.78, 5) is 31.9. The maximum absolute atomic E-state index is 10.8. The van der Waals surface area contributed by atoms with Gasteiger partial charge in [0.2, 0.25) is 0 Å². The summed E-state index contributed by atoms with van der Waals surface area (Å²) in [5.74, 6) is -2.81. The van der Waals surface area contributed by atoms with Gasteiger partial charge in [-0.3, -0.25) is 14.4 Å². The molecule has 0 aromatic rings. The fourth-order valence-corrected chi connectivity index (χ4v) is 0.834. The van der Waals surface area contributed by atoms with Crippen molar-refractivity contribution in [3.05, 3.63) is 12.7 Å². The molecule has 0 amide bonds. The second-order valence-corrected chi connectivity index (χ2v) is 2.16. The fourth-order valence-electron chi connectivity index (χ4n) is 0.834. The zero-order valence-corrected chi connectivity index (χ0v) is 5.70. The molecular weight excluding hydrogens is 148 g/mol. The maximum Gasteiger partial charge on any atom is 0.325 e. The van der Waals surface area contributed by atoms with Crippen LogP contribution in [0.15, 0.2) is 12.7 Å². The predicted octanol–water partition coefficient (Wildman–Crippen LogP) is -0.169. The van der Waals surface area contributed by atoms with Gasteiger partial charge in [0.1, 0.15) is 5.92 Å². The van der Waals surface area contributed by atoms with Gasteiger partial charge in [0.05, 0.1) is 6.42 Å². The number of esters is 2. The number of carbonyl (C=O) groups excluding carboxylic acids is 3. The van der Waals surface area contributed by atoms with Crippen LogP contribution < -0.4 is 0 Å². The van der Waals surface area contributed by atoms with Crippen molar-refractivity contribution in [3.8, 4) is 0 Å². The Morgan fingerprint density at radius 1 is 1.64 bits per heavy atom. The largest absolute Gasteiger partial charge is 0.393 e. The molecule has 0 bridgehead atoms. The average molecular weight is 154 g/mol. The molecule has 0 aromatic heterocycles. The summed E-state index contributed by atoms with van der Waals surface area (Å²) in [5, 5.41) is 0. The highest BCUT2D eigenvalue weighted by molar-refractivity contribution is 6.12. The van der Waals surface area contributed by atoms with Crippen molar-refractivity contribution in [2.45, 2.75) is 6.42 Å². The summed E-state index contributed by atoms with van der Waals surface area (Å²) in [6, 6.07) is 0. The van der Waals surface area contributed by atoms with E-state index in [9.17, 15) is 14.4 Å². The van der Waals surface area contributed by atoms with Crippen LogP contribution in [0.4, 0.5) is 0 Å². The van der Waals surface area contributed by atoms with E-state index in [1.54, 1.807) is 0 Å². The van der Waals surface area contributed by atoms with Gasteiger partial charge in [-0.1, -0.05) is 6.58 Å². The van der Waals surface area contributed by atoms with Gasteiger partial charge in [-0.25, -0.2) is 0 Å². The van der Waals surface area contributed by atoms with Crippen molar-refractivity contribution in [1.29, 1.82) is 0 Å². The molecule has 0 aromatic carbocycles. The maximum atomic E-state index is 10.8. The Morgan fingerprint density at radius 3 is 2.64 bits per heavy atom. The molecule has 0 saturated carbocycles. The van der Waals surface area contributed by atoms with Crippen LogP contribution in [0.25, 0.3) is 0 Å². The molecule has 1 heterocycles. The number of allylic oxidation sites excluding steroid dienone is 1. The molecule has 1 unspecified atom stereocenters. The molecular formula is C7H6O4. The Morgan fingerprint density at radius 2 is 2.27 bits per heavy atom. The van der Waals surface area contributed by atoms with Gasteiger partial charge < -0.3 is 4.74 Å². The SMILES string of the molecule is C=CC(=O)C1CC(=O)OC1=O. The van der Waals surface area contributed by atoms with Crippen LogP contribution in [0, 0.1) is 5.92 Å². The van der Waals surface area contributed by atoms with E-state index < -0.39 is 23.6 Å². The zero-order chi connectivity index (χ0) is 8.43. The van der Waals surface area contributed by atoms with Crippen LogP contribution in [-0.4, -0.2) is 17.7 Å². The normalized spacial score (nSPS) is 23.1. The van der Waals surface area contributed by atoms with Crippen LogP contribution >= 0.6 is 0 Å². The molecule has 0 N–H and O–H groups in total. The van der Waals surface area contributed by atoms with Crippen molar-refractivity contribution < 1.29 is 19.1 Å². The van der Waals surface area contributed by atoms with Gasteiger partial charge in [-0.05, 0) is 6.08 Å². The topological polar surface area (TPSA) is 60.4 Å². The lowest BCUT2D eigenvalue weighted by atomic mass is 10.0. The van der Waals surface area contributed by atoms with Gasteiger partial charge in [0.15, 0.2) is 5.78 Å². The van der Waals surface area contributed by atoms with Crippen LogP contribution in [-0.2, 0) is 19.1 Å². The zero-order valence-electron chi connectivity index (χ0n) is 5.70. The fraction of sp³-hybridized carbons (Fsp3) is 0.286. The van der Waals surface area contributed by atoms with Gasteiger partial charge in [-0.2, -0.15) is 0 Å². The second kappa shape index (κ2) is 2.65. The van der Waals surface area contributed by atoms with Crippen LogP contribution in [0.1, 0.15) is 6.42 Å². The summed E-state index contributed by atoms with van der Waals surface area (Å²) < 4.78 is 4.15. The molecule has 58 valence electrons. The molecule has 1 atom stereocenters. The number of rotatable bonds is 2. The Kier molecular flexibility index (Phi) is 1.85. The first kappa shape index (κ1) is 7.65. The smallest absolute Gasteiger partial charge is 0.325 e. The van der Waals surface area contributed by atoms with E-state index in [-0.39, 0.29) is 6.42 Å². The monoisotopic (exact) mass is 154 g/mol. The molecule has 0 spiro atoms. The number of cyclic esters (lactones) is 2. The molecule has 1 aliphatic rings. The minimum atomic E-state index is -0.944. The summed E-state index contributed by atoms with van der Waals surface area (Å²) in [6.07, 6.45) is 0.869. The number of carbonyl (C=O) groups is 3. The van der Waals surface area contributed by atoms with E-state index >= 15 is 0 Å². The molecule has 4 nitrogen and oxygen atoms in total. The lowest BCUT2D eigenvalue weighted by molar-refractivity contribution is -0.153. The third kappa shape index (κ3) is 1.34. The number of ether oxygens (including phenoxy) is 1. The molecule has 1 saturated heterocycles. The van der Waals surface area contributed by atoms with Crippen molar-refractivity contribution in [1.82, 2.24) is 0 Å². The highest BCUT2D eigenvalue weighted by Gasteiger charge is 2.37. The minimum absolute atomic E-state index is 0.149. The standard InChI is InChI=1S/C7H6O4/c1-2-5(8)4-3-6(9)11-7(4)10/h2,4H,1,3H2. The lowest BCUT2D eigenvalue weighted by Crippen LogP contribution is -2.16. The molecule has 1 rings (SSSR count). The van der Waals surface area contributed by atoms with Gasteiger partial charge in [0.25, 0.3) is 0 Å². The van der Waals surface area contributed by atoms with E-state index in [4.69, 9.17) is 0 Å². The molecule has 0 aliphatic carbocycles. The molecule has 11 heavy (non-hydrogen) atoms. The van der Waals surface area contributed by atoms with E-state index in [1.165, 1.54) is 0 Å². The number of hydrogen-bond donors (Lipinski definition) is 0. The molecule has 0 radical (unpaired) electrons. The Balaban J connectivity index is 2.75.